The van der Waals surface area contributed by atoms with Crippen molar-refractivity contribution in [1.82, 2.24) is 21.2 Å². The number of hydrogen-bond acceptors (Lipinski definition) is 4. The van der Waals surface area contributed by atoms with Gasteiger partial charge in [-0.05, 0) is 23.8 Å². The maximum absolute atomic E-state index is 12.4. The van der Waals surface area contributed by atoms with Crippen molar-refractivity contribution in [3.8, 4) is 0 Å². The molecule has 7 nitrogen and oxygen atoms in total. The van der Waals surface area contributed by atoms with Crippen LogP contribution in [0, 0.1) is 0 Å². The highest BCUT2D eigenvalue weighted by Gasteiger charge is 2.17. The molecular formula is C18H15N5O2. The highest BCUT2D eigenvalue weighted by molar-refractivity contribution is 6.06. The van der Waals surface area contributed by atoms with E-state index in [1.807, 2.05) is 30.5 Å². The van der Waals surface area contributed by atoms with Crippen LogP contribution in [-0.4, -0.2) is 22.8 Å². The van der Waals surface area contributed by atoms with Gasteiger partial charge in [0.1, 0.15) is 0 Å². The number of carbonyl (C=O) groups is 2. The normalized spacial score (nSPS) is 13.3. The van der Waals surface area contributed by atoms with Crippen LogP contribution < -0.4 is 16.2 Å². The Labute approximate surface area is 143 Å². The van der Waals surface area contributed by atoms with Gasteiger partial charge in [0.15, 0.2) is 0 Å². The van der Waals surface area contributed by atoms with Crippen LogP contribution in [0.2, 0.25) is 0 Å². The average Bonchev–Trinajstić information content (AvgIpc) is 2.95. The van der Waals surface area contributed by atoms with Crippen LogP contribution in [0.25, 0.3) is 10.9 Å². The van der Waals surface area contributed by atoms with E-state index in [2.05, 4.69) is 26.1 Å². The Morgan fingerprint density at radius 1 is 1.04 bits per heavy atom. The molecule has 124 valence electrons. The predicted molar refractivity (Wildman–Crippen MR) is 94.3 cm³/mol. The van der Waals surface area contributed by atoms with Gasteiger partial charge in [0.2, 0.25) is 11.9 Å². The number of aliphatic imine (C=N–C) groups is 1. The Hall–Kier alpha value is -3.61. The van der Waals surface area contributed by atoms with Gasteiger partial charge in [0.05, 0.1) is 17.7 Å². The third kappa shape index (κ3) is 2.94. The quantitative estimate of drug-likeness (QED) is 0.575. The fourth-order valence-corrected chi connectivity index (χ4v) is 2.78. The van der Waals surface area contributed by atoms with Gasteiger partial charge in [-0.15, -0.1) is 0 Å². The molecule has 3 aromatic rings. The minimum absolute atomic E-state index is 0.183. The smallest absolute Gasteiger partial charge is 0.271 e. The fourth-order valence-electron chi connectivity index (χ4n) is 2.78. The molecule has 0 atom stereocenters. The van der Waals surface area contributed by atoms with E-state index in [4.69, 9.17) is 0 Å². The first kappa shape index (κ1) is 14.9. The highest BCUT2D eigenvalue weighted by Crippen LogP contribution is 2.20. The number of hydrogen-bond donors (Lipinski definition) is 4. The van der Waals surface area contributed by atoms with Crippen LogP contribution in [0.5, 0.6) is 0 Å². The summed E-state index contributed by atoms with van der Waals surface area (Å²) in [4.78, 5) is 31.8. The molecule has 2 heterocycles. The number of fused-ring (bicyclic) bond motifs is 2. The lowest BCUT2D eigenvalue weighted by atomic mass is 10.1. The minimum Gasteiger partial charge on any atom is -0.361 e. The lowest BCUT2D eigenvalue weighted by molar-refractivity contribution is -0.119. The number of rotatable bonds is 2. The number of benzene rings is 2. The Kier molecular flexibility index (Phi) is 3.66. The highest BCUT2D eigenvalue weighted by atomic mass is 16.2. The molecule has 4 rings (SSSR count). The first-order chi connectivity index (χ1) is 12.2. The van der Waals surface area contributed by atoms with Gasteiger partial charge in [0.25, 0.3) is 5.91 Å². The van der Waals surface area contributed by atoms with E-state index >= 15 is 0 Å². The zero-order chi connectivity index (χ0) is 17.2. The second kappa shape index (κ2) is 6.12. The summed E-state index contributed by atoms with van der Waals surface area (Å²) in [5, 5.41) is 3.70. The standard InChI is InChI=1S/C18H15N5O2/c24-16(9-11-10-19-14-7-3-1-5-12(11)14)21-18-20-15-8-4-2-6-13(15)17(25)22-23-18/h1-8,10,19H,9H2,(H,22,25)(H2,20,21,23,24). The van der Waals surface area contributed by atoms with Crippen molar-refractivity contribution in [3.63, 3.8) is 0 Å². The number of nitrogens with one attached hydrogen (secondary N) is 4. The van der Waals surface area contributed by atoms with Crippen LogP contribution >= 0.6 is 0 Å². The van der Waals surface area contributed by atoms with Crippen molar-refractivity contribution in [1.29, 1.82) is 0 Å². The molecule has 2 amide bonds. The number of guanidine groups is 1. The van der Waals surface area contributed by atoms with Crippen LogP contribution in [0.4, 0.5) is 5.69 Å². The molecule has 0 radical (unpaired) electrons. The van der Waals surface area contributed by atoms with Crippen LogP contribution in [0.15, 0.2) is 59.7 Å². The molecule has 7 heteroatoms. The molecule has 1 aromatic heterocycles. The number of aromatic amines is 1. The Balaban J connectivity index is 1.53. The van der Waals surface area contributed by atoms with E-state index in [0.717, 1.165) is 16.5 Å². The number of hydrazine groups is 1. The van der Waals surface area contributed by atoms with Crippen molar-refractivity contribution >= 4 is 34.4 Å². The molecule has 25 heavy (non-hydrogen) atoms. The van der Waals surface area contributed by atoms with Crippen LogP contribution in [-0.2, 0) is 11.2 Å². The summed E-state index contributed by atoms with van der Waals surface area (Å²) in [5.41, 5.74) is 7.95. The first-order valence-electron chi connectivity index (χ1n) is 7.79. The SMILES string of the molecule is O=C(Cc1c[nH]c2ccccc12)NC1=Nc2ccccc2C(=O)NN1. The summed E-state index contributed by atoms with van der Waals surface area (Å²) in [6.07, 6.45) is 2.02. The number of aromatic nitrogens is 1. The molecule has 0 saturated heterocycles. The van der Waals surface area contributed by atoms with Gasteiger partial charge in [-0.1, -0.05) is 30.3 Å². The van der Waals surface area contributed by atoms with E-state index in [1.165, 1.54) is 0 Å². The Bertz CT molecular complexity index is 1010. The van der Waals surface area contributed by atoms with Gasteiger partial charge in [-0.3, -0.25) is 25.8 Å². The number of para-hydroxylation sites is 2. The maximum Gasteiger partial charge on any atom is 0.271 e. The monoisotopic (exact) mass is 333 g/mol. The van der Waals surface area contributed by atoms with Crippen LogP contribution in [0.1, 0.15) is 15.9 Å². The topological polar surface area (TPSA) is 98.4 Å². The predicted octanol–water partition coefficient (Wildman–Crippen LogP) is 1.76. The largest absolute Gasteiger partial charge is 0.361 e. The molecule has 4 N–H and O–H groups in total. The van der Waals surface area contributed by atoms with Gasteiger partial charge in [-0.25, -0.2) is 4.99 Å². The van der Waals surface area contributed by atoms with E-state index in [1.54, 1.807) is 24.3 Å². The summed E-state index contributed by atoms with van der Waals surface area (Å²) < 4.78 is 0. The molecule has 1 aliphatic rings. The number of carbonyl (C=O) groups excluding carboxylic acids is 2. The van der Waals surface area contributed by atoms with E-state index in [9.17, 15) is 9.59 Å². The molecule has 0 bridgehead atoms. The summed E-state index contributed by atoms with van der Waals surface area (Å²) in [5.74, 6) is -0.354. The van der Waals surface area contributed by atoms with Gasteiger partial charge < -0.3 is 4.98 Å². The van der Waals surface area contributed by atoms with E-state index in [-0.39, 0.29) is 24.2 Å². The molecular weight excluding hydrogens is 318 g/mol. The number of nitrogens with zero attached hydrogens (tertiary/aromatic N) is 1. The third-order valence-electron chi connectivity index (χ3n) is 3.96. The maximum atomic E-state index is 12.4. The number of amides is 2. The van der Waals surface area contributed by atoms with Crippen molar-refractivity contribution in [2.75, 3.05) is 0 Å². The second-order valence-corrected chi connectivity index (χ2v) is 5.64. The Morgan fingerprint density at radius 3 is 2.76 bits per heavy atom. The molecule has 0 aliphatic carbocycles. The fraction of sp³-hybridized carbons (Fsp3) is 0.0556. The third-order valence-corrected chi connectivity index (χ3v) is 3.96. The van der Waals surface area contributed by atoms with Gasteiger partial charge in [-0.2, -0.15) is 0 Å². The number of H-pyrrole nitrogens is 1. The Morgan fingerprint density at radius 2 is 1.84 bits per heavy atom. The minimum atomic E-state index is -0.305. The second-order valence-electron chi connectivity index (χ2n) is 5.64. The van der Waals surface area contributed by atoms with Crippen molar-refractivity contribution in [2.45, 2.75) is 6.42 Å². The van der Waals surface area contributed by atoms with E-state index in [0.29, 0.717) is 11.3 Å². The first-order valence-corrected chi connectivity index (χ1v) is 7.79. The zero-order valence-corrected chi connectivity index (χ0v) is 13.2. The molecule has 0 spiro atoms. The lowest BCUT2D eigenvalue weighted by Gasteiger charge is -2.09. The van der Waals surface area contributed by atoms with Crippen molar-refractivity contribution in [3.05, 3.63) is 65.9 Å². The summed E-state index contributed by atoms with van der Waals surface area (Å²) >= 11 is 0. The van der Waals surface area contributed by atoms with Gasteiger partial charge >= 0.3 is 0 Å². The molecule has 0 fully saturated rings. The molecule has 0 saturated carbocycles. The molecule has 1 aliphatic heterocycles. The molecule has 2 aromatic carbocycles. The lowest BCUT2D eigenvalue weighted by Crippen LogP contribution is -2.48. The van der Waals surface area contributed by atoms with E-state index < -0.39 is 0 Å². The van der Waals surface area contributed by atoms with Crippen molar-refractivity contribution < 1.29 is 9.59 Å². The van der Waals surface area contributed by atoms with Crippen molar-refractivity contribution in [2.24, 2.45) is 4.99 Å². The average molecular weight is 333 g/mol. The summed E-state index contributed by atoms with van der Waals surface area (Å²) in [6, 6.07) is 14.7. The zero-order valence-electron chi connectivity index (χ0n) is 13.2. The van der Waals surface area contributed by atoms with Crippen LogP contribution in [0.3, 0.4) is 0 Å². The summed E-state index contributed by atoms with van der Waals surface area (Å²) in [7, 11) is 0. The van der Waals surface area contributed by atoms with Gasteiger partial charge in [0, 0.05) is 17.1 Å². The molecule has 0 unspecified atom stereocenters. The summed E-state index contributed by atoms with van der Waals surface area (Å²) in [6.45, 7) is 0.